The second kappa shape index (κ2) is 8.12. The van der Waals surface area contributed by atoms with Crippen molar-refractivity contribution in [2.24, 2.45) is 0 Å². The Labute approximate surface area is 171 Å². The Morgan fingerprint density at radius 2 is 1.55 bits per heavy atom. The number of benzene rings is 3. The largest absolute Gasteiger partial charge is 0.363 e. The van der Waals surface area contributed by atoms with Gasteiger partial charge in [-0.2, -0.15) is 0 Å². The molecule has 4 aromatic rings. The Morgan fingerprint density at radius 3 is 2.28 bits per heavy atom. The van der Waals surface area contributed by atoms with E-state index in [0.717, 1.165) is 5.56 Å². The van der Waals surface area contributed by atoms with Crippen LogP contribution in [0.1, 0.15) is 26.3 Å². The summed E-state index contributed by atoms with van der Waals surface area (Å²) in [6.07, 6.45) is 1.28. The Bertz CT molecular complexity index is 1170. The van der Waals surface area contributed by atoms with Crippen LogP contribution in [0.25, 0.3) is 11.3 Å². The van der Waals surface area contributed by atoms with Crippen molar-refractivity contribution in [3.63, 3.8) is 0 Å². The number of nitrogens with zero attached hydrogens (tertiary/aromatic N) is 1. The molecule has 5 nitrogen and oxygen atoms in total. The zero-order valence-electron chi connectivity index (χ0n) is 15.1. The van der Waals surface area contributed by atoms with Crippen molar-refractivity contribution in [3.8, 4) is 11.3 Å². The van der Waals surface area contributed by atoms with Gasteiger partial charge >= 0.3 is 0 Å². The first-order valence-electron chi connectivity index (χ1n) is 8.84. The van der Waals surface area contributed by atoms with Gasteiger partial charge in [0.2, 0.25) is 0 Å². The standard InChI is InChI=1S/C23H15ClN2O3/c24-17-11-12-20(18(13-17)22(27)16-9-5-2-6-10-16)25-23(28)19-14-29-26-21(19)15-7-3-1-4-8-15/h1-14H,(H,25,28). The van der Waals surface area contributed by atoms with Crippen LogP contribution in [0.3, 0.4) is 0 Å². The van der Waals surface area contributed by atoms with E-state index < -0.39 is 5.91 Å². The maximum absolute atomic E-state index is 12.9. The smallest absolute Gasteiger partial charge is 0.261 e. The normalized spacial score (nSPS) is 10.5. The van der Waals surface area contributed by atoms with Crippen LogP contribution in [-0.4, -0.2) is 16.8 Å². The van der Waals surface area contributed by atoms with Crippen LogP contribution in [0, 0.1) is 0 Å². The van der Waals surface area contributed by atoms with Crippen molar-refractivity contribution < 1.29 is 14.1 Å². The minimum Gasteiger partial charge on any atom is -0.363 e. The van der Waals surface area contributed by atoms with Gasteiger partial charge in [0.25, 0.3) is 5.91 Å². The highest BCUT2D eigenvalue weighted by atomic mass is 35.5. The second-order valence-corrected chi connectivity index (χ2v) is 6.72. The molecule has 0 aliphatic rings. The molecule has 142 valence electrons. The van der Waals surface area contributed by atoms with Crippen LogP contribution in [-0.2, 0) is 0 Å². The Balaban J connectivity index is 1.67. The summed E-state index contributed by atoms with van der Waals surface area (Å²) in [5.41, 5.74) is 2.60. The number of anilines is 1. The third-order valence-electron chi connectivity index (χ3n) is 4.37. The van der Waals surface area contributed by atoms with Crippen molar-refractivity contribution in [2.45, 2.75) is 0 Å². The fraction of sp³-hybridized carbons (Fsp3) is 0. The zero-order chi connectivity index (χ0) is 20.2. The highest BCUT2D eigenvalue weighted by molar-refractivity contribution is 6.31. The number of halogens is 1. The van der Waals surface area contributed by atoms with Gasteiger partial charge in [-0.15, -0.1) is 0 Å². The average molecular weight is 403 g/mol. The Kier molecular flexibility index (Phi) is 5.22. The average Bonchev–Trinajstić information content (AvgIpc) is 3.26. The highest BCUT2D eigenvalue weighted by Gasteiger charge is 2.21. The Morgan fingerprint density at radius 1 is 0.862 bits per heavy atom. The number of rotatable bonds is 5. The maximum atomic E-state index is 12.9. The third kappa shape index (κ3) is 3.95. The van der Waals surface area contributed by atoms with Gasteiger partial charge in [0.05, 0.1) is 5.69 Å². The molecule has 0 saturated carbocycles. The lowest BCUT2D eigenvalue weighted by atomic mass is 10.0. The minimum atomic E-state index is -0.436. The first-order chi connectivity index (χ1) is 14.1. The number of nitrogens with one attached hydrogen (secondary N) is 1. The molecule has 0 unspecified atom stereocenters. The van der Waals surface area contributed by atoms with Crippen molar-refractivity contribution in [1.82, 2.24) is 5.16 Å². The molecular formula is C23H15ClN2O3. The number of hydrogen-bond acceptors (Lipinski definition) is 4. The van der Waals surface area contributed by atoms with E-state index in [1.165, 1.54) is 12.3 Å². The molecular weight excluding hydrogens is 388 g/mol. The highest BCUT2D eigenvalue weighted by Crippen LogP contribution is 2.26. The number of aromatic nitrogens is 1. The van der Waals surface area contributed by atoms with Gasteiger partial charge in [-0.05, 0) is 18.2 Å². The van der Waals surface area contributed by atoms with E-state index >= 15 is 0 Å². The zero-order valence-corrected chi connectivity index (χ0v) is 15.9. The number of amides is 1. The summed E-state index contributed by atoms with van der Waals surface area (Å²) >= 11 is 6.10. The van der Waals surface area contributed by atoms with Gasteiger partial charge < -0.3 is 9.84 Å². The lowest BCUT2D eigenvalue weighted by Gasteiger charge is -2.11. The summed E-state index contributed by atoms with van der Waals surface area (Å²) in [4.78, 5) is 25.8. The van der Waals surface area contributed by atoms with Gasteiger partial charge in [0.15, 0.2) is 5.78 Å². The number of ketones is 1. The summed E-state index contributed by atoms with van der Waals surface area (Å²) in [5.74, 6) is -0.675. The lowest BCUT2D eigenvalue weighted by Crippen LogP contribution is -2.15. The molecule has 0 saturated heterocycles. The van der Waals surface area contributed by atoms with Crippen molar-refractivity contribution in [2.75, 3.05) is 5.32 Å². The molecule has 0 radical (unpaired) electrons. The maximum Gasteiger partial charge on any atom is 0.261 e. The molecule has 29 heavy (non-hydrogen) atoms. The van der Waals surface area contributed by atoms with Crippen molar-refractivity contribution in [1.29, 1.82) is 0 Å². The molecule has 4 rings (SSSR count). The van der Waals surface area contributed by atoms with E-state index in [9.17, 15) is 9.59 Å². The molecule has 0 bridgehead atoms. The van der Waals surface area contributed by atoms with Gasteiger partial charge in [-0.25, -0.2) is 0 Å². The first kappa shape index (κ1) is 18.7. The lowest BCUT2D eigenvalue weighted by molar-refractivity contribution is 0.102. The third-order valence-corrected chi connectivity index (χ3v) is 4.61. The number of carbonyl (C=O) groups excluding carboxylic acids is 2. The molecule has 0 aliphatic carbocycles. The van der Waals surface area contributed by atoms with Crippen LogP contribution in [0.4, 0.5) is 5.69 Å². The van der Waals surface area contributed by atoms with Crippen LogP contribution in [0.15, 0.2) is 89.6 Å². The van der Waals surface area contributed by atoms with Gasteiger partial charge in [0.1, 0.15) is 17.5 Å². The molecule has 1 heterocycles. The fourth-order valence-corrected chi connectivity index (χ4v) is 3.12. The molecule has 1 N–H and O–H groups in total. The van der Waals surface area contributed by atoms with Gasteiger partial charge in [0, 0.05) is 21.7 Å². The van der Waals surface area contributed by atoms with E-state index in [4.69, 9.17) is 16.1 Å². The van der Waals surface area contributed by atoms with Crippen LogP contribution in [0.5, 0.6) is 0 Å². The molecule has 0 spiro atoms. The van der Waals surface area contributed by atoms with Crippen molar-refractivity contribution >= 4 is 29.0 Å². The number of carbonyl (C=O) groups is 2. The molecule has 1 amide bonds. The number of hydrogen-bond donors (Lipinski definition) is 1. The minimum absolute atomic E-state index is 0.239. The van der Waals surface area contributed by atoms with E-state index in [0.29, 0.717) is 27.5 Å². The second-order valence-electron chi connectivity index (χ2n) is 6.28. The van der Waals surface area contributed by atoms with Crippen LogP contribution < -0.4 is 5.32 Å². The topological polar surface area (TPSA) is 72.2 Å². The SMILES string of the molecule is O=C(c1ccccc1)c1cc(Cl)ccc1NC(=O)c1conc1-c1ccccc1. The summed E-state index contributed by atoms with van der Waals surface area (Å²) in [7, 11) is 0. The molecule has 0 atom stereocenters. The first-order valence-corrected chi connectivity index (χ1v) is 9.22. The van der Waals surface area contributed by atoms with E-state index in [-0.39, 0.29) is 11.3 Å². The van der Waals surface area contributed by atoms with Crippen molar-refractivity contribution in [3.05, 3.63) is 107 Å². The molecule has 1 aromatic heterocycles. The summed E-state index contributed by atoms with van der Waals surface area (Å²) in [5, 5.41) is 7.13. The predicted octanol–water partition coefficient (Wildman–Crippen LogP) is 5.48. The molecule has 0 fully saturated rings. The molecule has 3 aromatic carbocycles. The molecule has 0 aliphatic heterocycles. The summed E-state index contributed by atoms with van der Waals surface area (Å²) in [6.45, 7) is 0. The van der Waals surface area contributed by atoms with Gasteiger partial charge in [-0.3, -0.25) is 9.59 Å². The van der Waals surface area contributed by atoms with E-state index in [1.54, 1.807) is 36.4 Å². The van der Waals surface area contributed by atoms with Gasteiger partial charge in [-0.1, -0.05) is 77.4 Å². The van der Waals surface area contributed by atoms with Crippen LogP contribution in [0.2, 0.25) is 5.02 Å². The molecule has 6 heteroatoms. The summed E-state index contributed by atoms with van der Waals surface area (Å²) in [6, 6.07) is 22.8. The fourth-order valence-electron chi connectivity index (χ4n) is 2.95. The van der Waals surface area contributed by atoms with E-state index in [1.807, 2.05) is 36.4 Å². The quantitative estimate of drug-likeness (QED) is 0.449. The van der Waals surface area contributed by atoms with E-state index in [2.05, 4.69) is 10.5 Å². The summed E-state index contributed by atoms with van der Waals surface area (Å²) < 4.78 is 5.03. The van der Waals surface area contributed by atoms with Crippen LogP contribution >= 0.6 is 11.6 Å². The predicted molar refractivity (Wildman–Crippen MR) is 111 cm³/mol. The monoisotopic (exact) mass is 402 g/mol. The Hall–Kier alpha value is -3.70.